The number of nitrogens with one attached hydrogen (secondary N) is 6. The van der Waals surface area contributed by atoms with Gasteiger partial charge in [0.25, 0.3) is 0 Å². The van der Waals surface area contributed by atoms with Crippen LogP contribution >= 0.6 is 0 Å². The Morgan fingerprint density at radius 1 is 0.841 bits per heavy atom. The zero-order chi connectivity index (χ0) is 32.6. The molecule has 0 unspecified atom stereocenters. The number of aliphatic hydroxyl groups excluding tert-OH is 1. The number of guanidine groups is 1. The Hall–Kier alpha value is -5.10. The number of aliphatic hydroxyl groups is 1. The summed E-state index contributed by atoms with van der Waals surface area (Å²) < 4.78 is 0. The highest BCUT2D eigenvalue weighted by atomic mass is 16.4. The lowest BCUT2D eigenvalue weighted by Crippen LogP contribution is -2.59. The first kappa shape index (κ1) is 35.1. The number of carboxylic acids is 1. The lowest BCUT2D eigenvalue weighted by atomic mass is 10.0. The van der Waals surface area contributed by atoms with Gasteiger partial charge in [0.1, 0.15) is 18.1 Å². The second-order valence-electron chi connectivity index (χ2n) is 9.71. The molecular formula is C26H37N9O9. The minimum absolute atomic E-state index is 0.0404. The highest BCUT2D eigenvalue weighted by Gasteiger charge is 2.31. The number of rotatable bonds is 5. The molecule has 18 heteroatoms. The number of aliphatic carboxylic acids is 1. The molecule has 1 heterocycles. The van der Waals surface area contributed by atoms with Gasteiger partial charge in [-0.3, -0.25) is 43.9 Å². The zero-order valence-electron chi connectivity index (χ0n) is 23.7. The molecule has 2 rings (SSSR count). The molecule has 1 aliphatic rings. The molecule has 1 aliphatic heterocycles. The predicted octanol–water partition coefficient (Wildman–Crippen LogP) is -5.07. The maximum absolute atomic E-state index is 13.0. The number of nitrogens with two attached hydrogens (primary N) is 2. The molecule has 0 saturated heterocycles. The minimum atomic E-state index is -1.70. The van der Waals surface area contributed by atoms with Gasteiger partial charge in [0.15, 0.2) is 5.96 Å². The highest BCUT2D eigenvalue weighted by Crippen LogP contribution is 2.05. The Morgan fingerprint density at radius 2 is 1.45 bits per heavy atom. The highest BCUT2D eigenvalue weighted by molar-refractivity contribution is 5.99. The van der Waals surface area contributed by atoms with Crippen LogP contribution in [-0.4, -0.2) is 108 Å². The Bertz CT molecular complexity index is 1240. The SMILES string of the molecule is NC1=NCCC[C@H](N)C(=O)NCC(=O)N[C@@H](CC(=O)O)C(=O)N[C@@H](CO)C(=O)N[C@@H](Cc2ccccc2)C(=O)NCC(=O)N1. The number of carbonyl (C=O) groups is 7. The van der Waals surface area contributed by atoms with Crippen molar-refractivity contribution < 1.29 is 43.8 Å². The van der Waals surface area contributed by atoms with Gasteiger partial charge in [-0.1, -0.05) is 30.3 Å². The number of benzene rings is 1. The summed E-state index contributed by atoms with van der Waals surface area (Å²) in [7, 11) is 0. The van der Waals surface area contributed by atoms with Crippen LogP contribution < -0.4 is 43.4 Å². The van der Waals surface area contributed by atoms with Gasteiger partial charge >= 0.3 is 5.97 Å². The fraction of sp³-hybridized carbons (Fsp3) is 0.462. The average Bonchev–Trinajstić information content (AvgIpc) is 2.98. The predicted molar refractivity (Wildman–Crippen MR) is 153 cm³/mol. The van der Waals surface area contributed by atoms with Crippen LogP contribution in [0.25, 0.3) is 0 Å². The van der Waals surface area contributed by atoms with Crippen molar-refractivity contribution in [2.45, 2.75) is 49.9 Å². The van der Waals surface area contributed by atoms with Gasteiger partial charge in [-0.2, -0.15) is 0 Å². The van der Waals surface area contributed by atoms with Gasteiger partial charge in [-0.15, -0.1) is 0 Å². The molecule has 240 valence electrons. The normalized spacial score (nSPS) is 23.9. The standard InChI is InChI=1S/C26H37N9O9/c27-15-7-4-8-29-26(28)35-20(38)12-31-23(42)16(9-14-5-2-1-3-6-14)33-25(44)18(13-36)34-24(43)17(10-21(39)40)32-19(37)11-30-22(15)41/h1-3,5-6,15-18,36H,4,7-13,27H2,(H,30,41)(H,31,42)(H,32,37)(H,33,44)(H,34,43)(H,39,40)(H3,28,29,35,38)/t15-,16-,17-,18-/m0/s1. The first-order valence-electron chi connectivity index (χ1n) is 13.6. The molecule has 18 nitrogen and oxygen atoms in total. The van der Waals surface area contributed by atoms with Crippen LogP contribution in [0.1, 0.15) is 24.8 Å². The van der Waals surface area contributed by atoms with Crippen LogP contribution in [0.5, 0.6) is 0 Å². The number of hydrogen-bond donors (Lipinski definition) is 10. The quantitative estimate of drug-likeness (QED) is 0.149. The summed E-state index contributed by atoms with van der Waals surface area (Å²) in [6, 6.07) is 2.84. The molecule has 0 spiro atoms. The maximum atomic E-state index is 13.0. The Balaban J connectivity index is 2.31. The van der Waals surface area contributed by atoms with E-state index in [0.29, 0.717) is 5.56 Å². The van der Waals surface area contributed by atoms with Crippen LogP contribution in [0.2, 0.25) is 0 Å². The smallest absolute Gasteiger partial charge is 0.305 e. The third kappa shape index (κ3) is 12.4. The molecule has 1 aromatic rings. The van der Waals surface area contributed by atoms with Crippen molar-refractivity contribution in [1.29, 1.82) is 0 Å². The van der Waals surface area contributed by atoms with Crippen molar-refractivity contribution in [3.8, 4) is 0 Å². The first-order valence-corrected chi connectivity index (χ1v) is 13.6. The fourth-order valence-corrected chi connectivity index (χ4v) is 3.88. The van der Waals surface area contributed by atoms with E-state index in [1.807, 2.05) is 0 Å². The van der Waals surface area contributed by atoms with Crippen molar-refractivity contribution in [2.75, 3.05) is 26.2 Å². The van der Waals surface area contributed by atoms with Crippen LogP contribution in [0, 0.1) is 0 Å². The average molecular weight is 620 g/mol. The third-order valence-electron chi connectivity index (χ3n) is 6.17. The summed E-state index contributed by atoms with van der Waals surface area (Å²) in [6.07, 6.45) is -0.524. The monoisotopic (exact) mass is 619 g/mol. The maximum Gasteiger partial charge on any atom is 0.305 e. The molecule has 1 aromatic carbocycles. The summed E-state index contributed by atoms with van der Waals surface area (Å²) in [5, 5.41) is 32.7. The molecule has 0 fully saturated rings. The summed E-state index contributed by atoms with van der Waals surface area (Å²) in [6.45, 7) is -2.06. The first-order chi connectivity index (χ1) is 20.9. The lowest BCUT2D eigenvalue weighted by molar-refractivity contribution is -0.141. The van der Waals surface area contributed by atoms with Crippen molar-refractivity contribution in [2.24, 2.45) is 16.5 Å². The van der Waals surface area contributed by atoms with Gasteiger partial charge in [-0.25, -0.2) is 0 Å². The number of nitrogens with zero attached hydrogens (tertiary/aromatic N) is 1. The van der Waals surface area contributed by atoms with Gasteiger partial charge in [-0.05, 0) is 18.4 Å². The van der Waals surface area contributed by atoms with Gasteiger partial charge in [0.05, 0.1) is 32.2 Å². The summed E-state index contributed by atoms with van der Waals surface area (Å²) in [5.74, 6) is -7.00. The lowest BCUT2D eigenvalue weighted by Gasteiger charge is -2.24. The van der Waals surface area contributed by atoms with E-state index >= 15 is 0 Å². The molecule has 0 aliphatic carbocycles. The second kappa shape index (κ2) is 17.8. The van der Waals surface area contributed by atoms with Crippen molar-refractivity contribution in [3.05, 3.63) is 35.9 Å². The molecule has 0 aromatic heterocycles. The van der Waals surface area contributed by atoms with E-state index in [1.54, 1.807) is 30.3 Å². The van der Waals surface area contributed by atoms with Crippen molar-refractivity contribution in [3.63, 3.8) is 0 Å². The molecule has 4 atom stereocenters. The summed E-state index contributed by atoms with van der Waals surface area (Å²) in [5.41, 5.74) is 12.1. The number of carbonyl (C=O) groups excluding carboxylic acids is 6. The van der Waals surface area contributed by atoms with Gasteiger partial charge in [0.2, 0.25) is 35.4 Å². The van der Waals surface area contributed by atoms with Crippen LogP contribution in [0.15, 0.2) is 35.3 Å². The van der Waals surface area contributed by atoms with E-state index < -0.39 is 91.7 Å². The van der Waals surface area contributed by atoms with Crippen LogP contribution in [0.4, 0.5) is 0 Å². The van der Waals surface area contributed by atoms with E-state index in [4.69, 9.17) is 11.5 Å². The van der Waals surface area contributed by atoms with E-state index in [2.05, 4.69) is 36.9 Å². The third-order valence-corrected chi connectivity index (χ3v) is 6.17. The molecule has 44 heavy (non-hydrogen) atoms. The topological polar surface area (TPSA) is 297 Å². The van der Waals surface area contributed by atoms with Crippen LogP contribution in [-0.2, 0) is 40.0 Å². The minimum Gasteiger partial charge on any atom is -0.481 e. The van der Waals surface area contributed by atoms with E-state index in [0.717, 1.165) is 0 Å². The number of amides is 6. The molecule has 0 saturated carbocycles. The Labute approximate surface area is 251 Å². The number of hydrogen-bond acceptors (Lipinski definition) is 11. The fourth-order valence-electron chi connectivity index (χ4n) is 3.88. The molecule has 0 radical (unpaired) electrons. The van der Waals surface area contributed by atoms with Crippen molar-refractivity contribution >= 4 is 47.4 Å². The molecule has 0 bridgehead atoms. The van der Waals surface area contributed by atoms with Crippen molar-refractivity contribution in [1.82, 2.24) is 31.9 Å². The van der Waals surface area contributed by atoms with E-state index in [-0.39, 0.29) is 31.8 Å². The number of carboxylic acid groups (broad SMARTS) is 1. The Morgan fingerprint density at radius 3 is 2.11 bits per heavy atom. The summed E-state index contributed by atoms with van der Waals surface area (Å²) in [4.78, 5) is 91.2. The van der Waals surface area contributed by atoms with E-state index in [1.165, 1.54) is 0 Å². The molecule has 12 N–H and O–H groups in total. The Kier molecular flexibility index (Phi) is 14.2. The van der Waals surface area contributed by atoms with Crippen LogP contribution in [0.3, 0.4) is 0 Å². The molecular weight excluding hydrogens is 582 g/mol. The van der Waals surface area contributed by atoms with Gasteiger partial charge < -0.3 is 48.3 Å². The summed E-state index contributed by atoms with van der Waals surface area (Å²) >= 11 is 0. The largest absolute Gasteiger partial charge is 0.481 e. The second-order valence-corrected chi connectivity index (χ2v) is 9.71. The van der Waals surface area contributed by atoms with Gasteiger partial charge in [0, 0.05) is 13.0 Å². The number of aliphatic imine (C=N–C) groups is 1. The molecule has 6 amide bonds. The van der Waals surface area contributed by atoms with E-state index in [9.17, 15) is 43.8 Å². The zero-order valence-corrected chi connectivity index (χ0v) is 23.7.